The Morgan fingerprint density at radius 2 is 1.62 bits per heavy atom. The number of nitrogens with zero attached hydrogens (tertiary/aromatic N) is 3. The Morgan fingerprint density at radius 3 is 2.28 bits per heavy atom. The fraction of sp³-hybridized carbons (Fsp3) is 0.462. The van der Waals surface area contributed by atoms with E-state index in [1.54, 1.807) is 12.1 Å². The first-order valence-corrected chi connectivity index (χ1v) is 12.0. The molecule has 0 unspecified atom stereocenters. The van der Waals surface area contributed by atoms with Gasteiger partial charge in [-0.1, -0.05) is 60.2 Å². The third-order valence-electron chi connectivity index (χ3n) is 6.01. The highest BCUT2D eigenvalue weighted by Gasteiger charge is 2.17. The summed E-state index contributed by atoms with van der Waals surface area (Å²) < 4.78 is 14.4. The smallest absolute Gasteiger partial charge is 0.129 e. The molecule has 0 aromatic heterocycles. The van der Waals surface area contributed by atoms with Crippen molar-refractivity contribution >= 4 is 17.7 Å². The molecule has 32 heavy (non-hydrogen) atoms. The second-order valence-electron chi connectivity index (χ2n) is 8.43. The molecular weight excluding hydrogens is 423 g/mol. The van der Waals surface area contributed by atoms with E-state index >= 15 is 0 Å². The van der Waals surface area contributed by atoms with Crippen molar-refractivity contribution in [2.75, 3.05) is 58.9 Å². The number of rotatable bonds is 12. The van der Waals surface area contributed by atoms with Gasteiger partial charge in [0.15, 0.2) is 0 Å². The van der Waals surface area contributed by atoms with Gasteiger partial charge in [-0.3, -0.25) is 4.90 Å². The van der Waals surface area contributed by atoms with Gasteiger partial charge in [0.2, 0.25) is 0 Å². The minimum Gasteiger partial charge on any atom is -0.330 e. The molecule has 0 atom stereocenters. The molecule has 1 fully saturated rings. The lowest BCUT2D eigenvalue weighted by molar-refractivity contribution is 0.126. The van der Waals surface area contributed by atoms with Crippen molar-refractivity contribution in [1.82, 2.24) is 14.7 Å². The van der Waals surface area contributed by atoms with Crippen LogP contribution in [0, 0.1) is 5.82 Å². The van der Waals surface area contributed by atoms with Crippen LogP contribution in [-0.4, -0.2) is 73.6 Å². The largest absolute Gasteiger partial charge is 0.330 e. The third-order valence-corrected chi connectivity index (χ3v) is 6.36. The number of nitrogens with two attached hydrogens (primary N) is 1. The van der Waals surface area contributed by atoms with Crippen LogP contribution >= 0.6 is 11.6 Å². The van der Waals surface area contributed by atoms with Crippen molar-refractivity contribution in [2.24, 2.45) is 5.73 Å². The Labute approximate surface area is 197 Å². The number of hydrogen-bond donors (Lipinski definition) is 1. The Hall–Kier alpha value is -1.76. The van der Waals surface area contributed by atoms with Gasteiger partial charge in [0.25, 0.3) is 0 Å². The molecule has 0 bridgehead atoms. The molecule has 1 aliphatic heterocycles. The number of piperazine rings is 1. The molecule has 0 amide bonds. The van der Waals surface area contributed by atoms with Crippen LogP contribution in [0.5, 0.6) is 0 Å². The standard InChI is InChI=1S/C26H36ClFN4/c27-25-11-4-12-26(28)24(25)22-32(14-5-10-23-8-2-1-3-9-23)17-7-16-31-20-18-30(19-21-31)15-6-13-29/h1-5,8-12H,6-7,13-22,29H2. The highest BCUT2D eigenvalue weighted by molar-refractivity contribution is 6.31. The first kappa shape index (κ1) is 24.9. The average Bonchev–Trinajstić information content (AvgIpc) is 2.81. The molecule has 2 aromatic rings. The van der Waals surface area contributed by atoms with Gasteiger partial charge < -0.3 is 15.5 Å². The molecule has 6 heteroatoms. The number of hydrogen-bond acceptors (Lipinski definition) is 4. The van der Waals surface area contributed by atoms with E-state index in [9.17, 15) is 4.39 Å². The molecule has 4 nitrogen and oxygen atoms in total. The van der Waals surface area contributed by atoms with E-state index in [2.05, 4.69) is 39.0 Å². The third kappa shape index (κ3) is 8.30. The summed E-state index contributed by atoms with van der Waals surface area (Å²) in [6, 6.07) is 15.2. The van der Waals surface area contributed by atoms with Crippen LogP contribution in [0.25, 0.3) is 6.08 Å². The van der Waals surface area contributed by atoms with Gasteiger partial charge in [-0.25, -0.2) is 4.39 Å². The first-order chi connectivity index (χ1) is 15.7. The van der Waals surface area contributed by atoms with Gasteiger partial charge in [0.05, 0.1) is 0 Å². The van der Waals surface area contributed by atoms with Crippen LogP contribution in [0.15, 0.2) is 54.6 Å². The van der Waals surface area contributed by atoms with Crippen molar-refractivity contribution in [2.45, 2.75) is 19.4 Å². The monoisotopic (exact) mass is 458 g/mol. The summed E-state index contributed by atoms with van der Waals surface area (Å²) in [6.07, 6.45) is 6.40. The Bertz CT molecular complexity index is 802. The molecule has 1 aliphatic rings. The van der Waals surface area contributed by atoms with E-state index in [4.69, 9.17) is 17.3 Å². The zero-order valence-corrected chi connectivity index (χ0v) is 19.7. The molecule has 174 valence electrons. The van der Waals surface area contributed by atoms with E-state index in [1.165, 1.54) is 11.6 Å². The van der Waals surface area contributed by atoms with Crippen LogP contribution in [0.4, 0.5) is 4.39 Å². The van der Waals surface area contributed by atoms with Crippen LogP contribution < -0.4 is 5.73 Å². The minimum atomic E-state index is -0.233. The fourth-order valence-electron chi connectivity index (χ4n) is 4.11. The van der Waals surface area contributed by atoms with Gasteiger partial charge >= 0.3 is 0 Å². The molecule has 3 rings (SSSR count). The molecule has 0 spiro atoms. The highest BCUT2D eigenvalue weighted by atomic mass is 35.5. The normalized spacial score (nSPS) is 15.8. The average molecular weight is 459 g/mol. The highest BCUT2D eigenvalue weighted by Crippen LogP contribution is 2.21. The predicted octanol–water partition coefficient (Wildman–Crippen LogP) is 4.35. The molecule has 2 N–H and O–H groups in total. The number of halogens is 2. The predicted molar refractivity (Wildman–Crippen MR) is 133 cm³/mol. The van der Waals surface area contributed by atoms with Gasteiger partial charge in [-0.2, -0.15) is 0 Å². The summed E-state index contributed by atoms with van der Waals surface area (Å²) in [4.78, 5) is 7.32. The molecule has 0 radical (unpaired) electrons. The zero-order chi connectivity index (χ0) is 22.6. The maximum absolute atomic E-state index is 14.4. The summed E-state index contributed by atoms with van der Waals surface area (Å²) >= 11 is 6.30. The van der Waals surface area contributed by atoms with Crippen molar-refractivity contribution < 1.29 is 4.39 Å². The molecular formula is C26H36ClFN4. The van der Waals surface area contributed by atoms with Gasteiger partial charge in [-0.05, 0) is 50.2 Å². The second-order valence-corrected chi connectivity index (χ2v) is 8.83. The van der Waals surface area contributed by atoms with Gasteiger partial charge in [0.1, 0.15) is 5.82 Å². The van der Waals surface area contributed by atoms with Gasteiger partial charge in [0, 0.05) is 56.4 Å². The van der Waals surface area contributed by atoms with E-state index in [0.717, 1.165) is 71.7 Å². The molecule has 1 heterocycles. The second kappa shape index (κ2) is 13.7. The van der Waals surface area contributed by atoms with Crippen molar-refractivity contribution in [3.63, 3.8) is 0 Å². The van der Waals surface area contributed by atoms with E-state index < -0.39 is 0 Å². The molecule has 0 saturated carbocycles. The van der Waals surface area contributed by atoms with Crippen molar-refractivity contribution in [1.29, 1.82) is 0 Å². The Kier molecular flexibility index (Phi) is 10.7. The number of benzene rings is 2. The molecule has 1 saturated heterocycles. The Balaban J connectivity index is 1.52. The Morgan fingerprint density at radius 1 is 0.938 bits per heavy atom. The van der Waals surface area contributed by atoms with Crippen LogP contribution in [0.3, 0.4) is 0 Å². The van der Waals surface area contributed by atoms with E-state index in [-0.39, 0.29) is 5.82 Å². The van der Waals surface area contributed by atoms with Gasteiger partial charge in [-0.15, -0.1) is 0 Å². The molecule has 0 aliphatic carbocycles. The summed E-state index contributed by atoms with van der Waals surface area (Å²) in [6.45, 7) is 9.56. The van der Waals surface area contributed by atoms with E-state index in [1.807, 2.05) is 18.2 Å². The lowest BCUT2D eigenvalue weighted by Crippen LogP contribution is -2.47. The van der Waals surface area contributed by atoms with Crippen molar-refractivity contribution in [3.8, 4) is 0 Å². The molecule has 2 aromatic carbocycles. The first-order valence-electron chi connectivity index (χ1n) is 11.7. The van der Waals surface area contributed by atoms with Crippen LogP contribution in [-0.2, 0) is 6.54 Å². The van der Waals surface area contributed by atoms with Crippen LogP contribution in [0.2, 0.25) is 5.02 Å². The topological polar surface area (TPSA) is 35.7 Å². The lowest BCUT2D eigenvalue weighted by atomic mass is 10.1. The maximum Gasteiger partial charge on any atom is 0.129 e. The summed E-state index contributed by atoms with van der Waals surface area (Å²) in [7, 11) is 0. The van der Waals surface area contributed by atoms with E-state index in [0.29, 0.717) is 17.1 Å². The summed E-state index contributed by atoms with van der Waals surface area (Å²) in [5.41, 5.74) is 7.38. The SMILES string of the molecule is NCCCN1CCN(CCCN(CC=Cc2ccccc2)Cc2c(F)cccc2Cl)CC1. The summed E-state index contributed by atoms with van der Waals surface area (Å²) in [5, 5.41) is 0.496. The fourth-order valence-corrected chi connectivity index (χ4v) is 4.34. The lowest BCUT2D eigenvalue weighted by Gasteiger charge is -2.35. The quantitative estimate of drug-likeness (QED) is 0.513. The minimum absolute atomic E-state index is 0.233. The zero-order valence-electron chi connectivity index (χ0n) is 18.9. The van der Waals surface area contributed by atoms with Crippen molar-refractivity contribution in [3.05, 3.63) is 76.6 Å². The van der Waals surface area contributed by atoms with Crippen LogP contribution in [0.1, 0.15) is 24.0 Å². The maximum atomic E-state index is 14.4. The summed E-state index contributed by atoms with van der Waals surface area (Å²) in [5.74, 6) is -0.233.